The normalized spacial score (nSPS) is 31.3. The molecule has 0 aromatic rings. The summed E-state index contributed by atoms with van der Waals surface area (Å²) in [4.78, 5) is 2.31. The second kappa shape index (κ2) is 7.57. The number of ether oxygens (including phenoxy) is 1. The Hall–Kier alpha value is -0.210. The monoisotopic (exact) mass is 333 g/mol. The Kier molecular flexibility index (Phi) is 6.24. The van der Waals surface area contributed by atoms with Gasteiger partial charge in [-0.2, -0.15) is 12.7 Å². The van der Waals surface area contributed by atoms with Gasteiger partial charge in [-0.25, -0.2) is 4.72 Å². The van der Waals surface area contributed by atoms with Crippen LogP contribution in [0.2, 0.25) is 0 Å². The van der Waals surface area contributed by atoms with E-state index in [1.165, 1.54) is 0 Å². The predicted octanol–water partition coefficient (Wildman–Crippen LogP) is 1.05. The van der Waals surface area contributed by atoms with Crippen LogP contribution in [0.3, 0.4) is 0 Å². The molecule has 6 nitrogen and oxygen atoms in total. The van der Waals surface area contributed by atoms with Gasteiger partial charge in [0.15, 0.2) is 0 Å². The van der Waals surface area contributed by atoms with Gasteiger partial charge < -0.3 is 4.74 Å². The molecule has 0 aromatic heterocycles. The van der Waals surface area contributed by atoms with Crippen molar-refractivity contribution >= 4 is 10.2 Å². The van der Waals surface area contributed by atoms with Gasteiger partial charge in [-0.05, 0) is 39.5 Å². The van der Waals surface area contributed by atoms with E-state index in [1.54, 1.807) is 4.31 Å². The van der Waals surface area contributed by atoms with Crippen LogP contribution < -0.4 is 4.72 Å². The molecule has 0 aliphatic carbocycles. The van der Waals surface area contributed by atoms with Crippen molar-refractivity contribution in [1.29, 1.82) is 0 Å². The molecule has 130 valence electrons. The molecule has 0 unspecified atom stereocenters. The molecule has 0 bridgehead atoms. The number of hydrogen-bond acceptors (Lipinski definition) is 4. The molecule has 0 saturated carbocycles. The largest absolute Gasteiger partial charge is 0.373 e. The third-order valence-electron chi connectivity index (χ3n) is 4.71. The van der Waals surface area contributed by atoms with Crippen LogP contribution in [0.25, 0.3) is 0 Å². The summed E-state index contributed by atoms with van der Waals surface area (Å²) in [5.41, 5.74) is 0. The number of rotatable bonds is 5. The summed E-state index contributed by atoms with van der Waals surface area (Å²) in [7, 11) is -3.34. The van der Waals surface area contributed by atoms with E-state index in [9.17, 15) is 8.42 Å². The van der Waals surface area contributed by atoms with Gasteiger partial charge in [0.2, 0.25) is 0 Å². The first-order valence-electron chi connectivity index (χ1n) is 8.42. The fourth-order valence-corrected chi connectivity index (χ4v) is 4.58. The average molecular weight is 333 g/mol. The van der Waals surface area contributed by atoms with Crippen LogP contribution in [0.1, 0.15) is 40.5 Å². The Bertz CT molecular complexity index is 439. The maximum atomic E-state index is 12.4. The SMILES string of the molecule is CC1CCN(S(=O)(=O)NC[C@H](C)N2C[C@H](C)O[C@@H](C)C2)CC1. The van der Waals surface area contributed by atoms with Crippen LogP contribution >= 0.6 is 0 Å². The molecule has 1 N–H and O–H groups in total. The topological polar surface area (TPSA) is 61.9 Å². The van der Waals surface area contributed by atoms with Crippen LogP contribution in [-0.4, -0.2) is 68.6 Å². The number of piperidine rings is 1. The van der Waals surface area contributed by atoms with Crippen LogP contribution in [0.5, 0.6) is 0 Å². The van der Waals surface area contributed by atoms with Crippen LogP contribution in [0.15, 0.2) is 0 Å². The third kappa shape index (κ3) is 4.89. The first-order chi connectivity index (χ1) is 10.3. The lowest BCUT2D eigenvalue weighted by Gasteiger charge is -2.39. The average Bonchev–Trinajstić information content (AvgIpc) is 2.44. The maximum absolute atomic E-state index is 12.4. The summed E-state index contributed by atoms with van der Waals surface area (Å²) in [6, 6.07) is 0.173. The molecule has 0 radical (unpaired) electrons. The molecule has 2 aliphatic rings. The predicted molar refractivity (Wildman–Crippen MR) is 87.9 cm³/mol. The highest BCUT2D eigenvalue weighted by Crippen LogP contribution is 2.18. The van der Waals surface area contributed by atoms with Gasteiger partial charge in [-0.1, -0.05) is 6.92 Å². The Labute approximate surface area is 135 Å². The van der Waals surface area contributed by atoms with Crippen molar-refractivity contribution in [3.8, 4) is 0 Å². The molecule has 22 heavy (non-hydrogen) atoms. The first-order valence-corrected chi connectivity index (χ1v) is 9.86. The van der Waals surface area contributed by atoms with Crippen molar-refractivity contribution in [1.82, 2.24) is 13.9 Å². The van der Waals surface area contributed by atoms with Gasteiger partial charge in [-0.3, -0.25) is 4.90 Å². The van der Waals surface area contributed by atoms with Gasteiger partial charge in [0.25, 0.3) is 10.2 Å². The molecule has 2 saturated heterocycles. The van der Waals surface area contributed by atoms with Crippen molar-refractivity contribution in [2.45, 2.75) is 58.8 Å². The highest BCUT2D eigenvalue weighted by molar-refractivity contribution is 7.87. The van der Waals surface area contributed by atoms with E-state index in [0.29, 0.717) is 25.6 Å². The zero-order valence-corrected chi connectivity index (χ0v) is 15.1. The molecule has 2 aliphatic heterocycles. The fraction of sp³-hybridized carbons (Fsp3) is 1.00. The van der Waals surface area contributed by atoms with Crippen LogP contribution in [0.4, 0.5) is 0 Å². The van der Waals surface area contributed by atoms with E-state index >= 15 is 0 Å². The number of morpholine rings is 1. The van der Waals surface area contributed by atoms with Gasteiger partial charge in [0.05, 0.1) is 12.2 Å². The number of nitrogens with zero attached hydrogens (tertiary/aromatic N) is 2. The summed E-state index contributed by atoms with van der Waals surface area (Å²) < 4.78 is 34.9. The molecule has 0 aromatic carbocycles. The second-order valence-corrected chi connectivity index (χ2v) is 8.75. The minimum absolute atomic E-state index is 0.173. The smallest absolute Gasteiger partial charge is 0.279 e. The van der Waals surface area contributed by atoms with E-state index in [2.05, 4.69) is 37.3 Å². The summed E-state index contributed by atoms with van der Waals surface area (Å²) in [6.07, 6.45) is 2.31. The number of nitrogens with one attached hydrogen (secondary N) is 1. The van der Waals surface area contributed by atoms with Crippen molar-refractivity contribution in [3.63, 3.8) is 0 Å². The van der Waals surface area contributed by atoms with E-state index in [0.717, 1.165) is 25.9 Å². The summed E-state index contributed by atoms with van der Waals surface area (Å²) in [6.45, 7) is 11.8. The van der Waals surface area contributed by atoms with E-state index in [4.69, 9.17) is 4.74 Å². The Morgan fingerprint density at radius 1 is 1.14 bits per heavy atom. The minimum Gasteiger partial charge on any atom is -0.373 e. The molecule has 3 atom stereocenters. The molecule has 2 fully saturated rings. The quantitative estimate of drug-likeness (QED) is 0.817. The summed E-state index contributed by atoms with van der Waals surface area (Å²) >= 11 is 0. The lowest BCUT2D eigenvalue weighted by Crippen LogP contribution is -2.53. The molecule has 7 heteroatoms. The lowest BCUT2D eigenvalue weighted by molar-refractivity contribution is -0.0776. The third-order valence-corrected chi connectivity index (χ3v) is 6.29. The van der Waals surface area contributed by atoms with E-state index in [-0.39, 0.29) is 18.2 Å². The number of hydrogen-bond donors (Lipinski definition) is 1. The first kappa shape index (κ1) is 18.1. The van der Waals surface area contributed by atoms with Crippen LogP contribution in [0, 0.1) is 5.92 Å². The highest BCUT2D eigenvalue weighted by Gasteiger charge is 2.29. The van der Waals surface area contributed by atoms with Gasteiger partial charge in [0, 0.05) is 38.8 Å². The molecule has 2 rings (SSSR count). The zero-order chi connectivity index (χ0) is 16.3. The second-order valence-electron chi connectivity index (χ2n) is 7.00. The molecular formula is C15H31N3O3S. The standard InChI is InChI=1S/C15H31N3O3S/c1-12-5-7-18(8-6-12)22(19,20)16-9-13(2)17-10-14(3)21-15(4)11-17/h12-16H,5-11H2,1-4H3/t13-,14-,15-/m0/s1. The Morgan fingerprint density at radius 3 is 2.23 bits per heavy atom. The Morgan fingerprint density at radius 2 is 1.68 bits per heavy atom. The zero-order valence-electron chi connectivity index (χ0n) is 14.3. The van der Waals surface area contributed by atoms with Crippen molar-refractivity contribution < 1.29 is 13.2 Å². The minimum atomic E-state index is -3.34. The highest BCUT2D eigenvalue weighted by atomic mass is 32.2. The van der Waals surface area contributed by atoms with Gasteiger partial charge >= 0.3 is 0 Å². The van der Waals surface area contributed by atoms with Crippen molar-refractivity contribution in [3.05, 3.63) is 0 Å². The molecule has 0 spiro atoms. The van der Waals surface area contributed by atoms with Gasteiger partial charge in [0.1, 0.15) is 0 Å². The summed E-state index contributed by atoms with van der Waals surface area (Å²) in [5, 5.41) is 0. The fourth-order valence-electron chi connectivity index (χ4n) is 3.25. The van der Waals surface area contributed by atoms with Crippen LogP contribution in [-0.2, 0) is 14.9 Å². The van der Waals surface area contributed by atoms with E-state index in [1.807, 2.05) is 0 Å². The molecular weight excluding hydrogens is 302 g/mol. The van der Waals surface area contributed by atoms with Crippen molar-refractivity contribution in [2.75, 3.05) is 32.7 Å². The molecule has 2 heterocycles. The lowest BCUT2D eigenvalue weighted by atomic mass is 10.0. The molecule has 0 amide bonds. The maximum Gasteiger partial charge on any atom is 0.279 e. The Balaban J connectivity index is 1.83. The van der Waals surface area contributed by atoms with Crippen molar-refractivity contribution in [2.24, 2.45) is 5.92 Å². The van der Waals surface area contributed by atoms with E-state index < -0.39 is 10.2 Å². The van der Waals surface area contributed by atoms with Gasteiger partial charge in [-0.15, -0.1) is 0 Å². The summed E-state index contributed by atoms with van der Waals surface area (Å²) in [5.74, 6) is 0.627.